The normalized spacial score (nSPS) is 18.2. The highest BCUT2D eigenvalue weighted by atomic mass is 32.1. The molecule has 1 aromatic heterocycles. The number of thiazole rings is 1. The van der Waals surface area contributed by atoms with Gasteiger partial charge in [0.2, 0.25) is 5.91 Å². The van der Waals surface area contributed by atoms with E-state index in [0.717, 1.165) is 24.3 Å². The number of amides is 1. The lowest BCUT2D eigenvalue weighted by molar-refractivity contribution is -0.118. The van der Waals surface area contributed by atoms with Crippen LogP contribution < -0.4 is 11.1 Å². The number of nitrogens with zero attached hydrogens (tertiary/aromatic N) is 1. The summed E-state index contributed by atoms with van der Waals surface area (Å²) in [5.41, 5.74) is 5.28. The van der Waals surface area contributed by atoms with Crippen LogP contribution in [0.1, 0.15) is 24.1 Å². The first kappa shape index (κ1) is 13.0. The number of hydrogen-bond acceptors (Lipinski definition) is 5. The molecular formula is C12H15N3O2S. The quantitative estimate of drug-likeness (QED) is 0.798. The van der Waals surface area contributed by atoms with Crippen molar-refractivity contribution in [2.75, 3.05) is 18.5 Å². The van der Waals surface area contributed by atoms with E-state index < -0.39 is 0 Å². The Bertz CT molecular complexity index is 469. The number of rotatable bonds is 3. The molecule has 3 N–H and O–H groups in total. The summed E-state index contributed by atoms with van der Waals surface area (Å²) in [6.07, 6.45) is 4.08. The Morgan fingerprint density at radius 2 is 2.61 bits per heavy atom. The molecule has 1 aliphatic heterocycles. The summed E-state index contributed by atoms with van der Waals surface area (Å²) >= 11 is 1.35. The molecule has 1 amide bonds. The Morgan fingerprint density at radius 3 is 3.33 bits per heavy atom. The zero-order valence-electron chi connectivity index (χ0n) is 9.94. The molecule has 0 spiro atoms. The van der Waals surface area contributed by atoms with Gasteiger partial charge in [0, 0.05) is 6.61 Å². The van der Waals surface area contributed by atoms with Crippen molar-refractivity contribution in [3.8, 4) is 11.8 Å². The topological polar surface area (TPSA) is 77.2 Å². The maximum Gasteiger partial charge on any atom is 0.228 e. The predicted octanol–water partition coefficient (Wildman–Crippen LogP) is 0.961. The summed E-state index contributed by atoms with van der Waals surface area (Å²) in [7, 11) is 0. The van der Waals surface area contributed by atoms with Gasteiger partial charge in [0.05, 0.1) is 30.1 Å². The van der Waals surface area contributed by atoms with Crippen molar-refractivity contribution in [1.29, 1.82) is 0 Å². The van der Waals surface area contributed by atoms with Crippen molar-refractivity contribution in [1.82, 2.24) is 4.98 Å². The summed E-state index contributed by atoms with van der Waals surface area (Å²) < 4.78 is 5.41. The fraction of sp³-hybridized carbons (Fsp3) is 0.500. The predicted molar refractivity (Wildman–Crippen MR) is 70.3 cm³/mol. The van der Waals surface area contributed by atoms with Crippen molar-refractivity contribution >= 4 is 22.4 Å². The number of anilines is 1. The van der Waals surface area contributed by atoms with E-state index in [4.69, 9.17) is 10.5 Å². The Balaban J connectivity index is 1.84. The van der Waals surface area contributed by atoms with Gasteiger partial charge in [-0.3, -0.25) is 4.79 Å². The maximum absolute atomic E-state index is 11.7. The number of aromatic nitrogens is 1. The minimum Gasteiger partial charge on any atom is -0.378 e. The zero-order valence-corrected chi connectivity index (χ0v) is 10.8. The summed E-state index contributed by atoms with van der Waals surface area (Å²) in [6, 6.07) is 0. The van der Waals surface area contributed by atoms with Gasteiger partial charge >= 0.3 is 0 Å². The largest absolute Gasteiger partial charge is 0.378 e. The lowest BCUT2D eigenvalue weighted by Crippen LogP contribution is -2.19. The second-order valence-corrected chi connectivity index (χ2v) is 4.95. The summed E-state index contributed by atoms with van der Waals surface area (Å²) in [4.78, 5) is 16.6. The molecule has 0 saturated carbocycles. The van der Waals surface area contributed by atoms with E-state index in [1.54, 1.807) is 6.20 Å². The van der Waals surface area contributed by atoms with Crippen molar-refractivity contribution in [2.24, 2.45) is 5.73 Å². The molecule has 1 atom stereocenters. The summed E-state index contributed by atoms with van der Waals surface area (Å²) in [5.74, 6) is 5.56. The molecule has 2 heterocycles. The number of nitrogens with one attached hydrogen (secondary N) is 1. The highest BCUT2D eigenvalue weighted by Gasteiger charge is 2.19. The minimum absolute atomic E-state index is 0.0569. The van der Waals surface area contributed by atoms with E-state index in [2.05, 4.69) is 22.1 Å². The van der Waals surface area contributed by atoms with Gasteiger partial charge in [-0.1, -0.05) is 23.2 Å². The summed E-state index contributed by atoms with van der Waals surface area (Å²) in [5, 5.41) is 3.32. The molecule has 5 nitrogen and oxygen atoms in total. The van der Waals surface area contributed by atoms with Crippen LogP contribution in [0.2, 0.25) is 0 Å². The second-order valence-electron chi connectivity index (χ2n) is 3.92. The Labute approximate surface area is 110 Å². The molecule has 0 bridgehead atoms. The van der Waals surface area contributed by atoms with E-state index in [9.17, 15) is 4.79 Å². The van der Waals surface area contributed by atoms with Gasteiger partial charge in [-0.05, 0) is 12.8 Å². The molecule has 96 valence electrons. The van der Waals surface area contributed by atoms with E-state index >= 15 is 0 Å². The fourth-order valence-corrected chi connectivity index (χ4v) is 2.42. The molecule has 18 heavy (non-hydrogen) atoms. The monoisotopic (exact) mass is 265 g/mol. The van der Waals surface area contributed by atoms with Crippen LogP contribution in [0.15, 0.2) is 6.20 Å². The Hall–Kier alpha value is -1.42. The van der Waals surface area contributed by atoms with E-state index in [1.165, 1.54) is 11.3 Å². The third-order valence-corrected chi connectivity index (χ3v) is 3.33. The van der Waals surface area contributed by atoms with Gasteiger partial charge < -0.3 is 15.8 Å². The number of carbonyl (C=O) groups is 1. The van der Waals surface area contributed by atoms with E-state index in [1.807, 2.05) is 0 Å². The SMILES string of the molecule is NCC#Cc1cnc(NC(=O)CC2CCCO2)s1. The van der Waals surface area contributed by atoms with Crippen molar-refractivity contribution in [3.63, 3.8) is 0 Å². The van der Waals surface area contributed by atoms with Crippen molar-refractivity contribution < 1.29 is 9.53 Å². The molecule has 0 radical (unpaired) electrons. The van der Waals surface area contributed by atoms with Crippen molar-refractivity contribution in [3.05, 3.63) is 11.1 Å². The minimum atomic E-state index is -0.0606. The van der Waals surface area contributed by atoms with E-state index in [-0.39, 0.29) is 12.0 Å². The Kier molecular flexibility index (Phi) is 4.70. The first-order chi connectivity index (χ1) is 8.78. The molecule has 1 fully saturated rings. The average Bonchev–Trinajstić information content (AvgIpc) is 2.98. The van der Waals surface area contributed by atoms with Gasteiger partial charge in [-0.2, -0.15) is 0 Å². The number of carbonyl (C=O) groups excluding carboxylic acids is 1. The lowest BCUT2D eigenvalue weighted by Gasteiger charge is -2.07. The highest BCUT2D eigenvalue weighted by molar-refractivity contribution is 7.16. The molecule has 1 saturated heterocycles. The fourth-order valence-electron chi connectivity index (χ4n) is 1.71. The van der Waals surface area contributed by atoms with Gasteiger partial charge in [0.15, 0.2) is 5.13 Å². The third-order valence-electron chi connectivity index (χ3n) is 2.50. The molecule has 0 aliphatic carbocycles. The van der Waals surface area contributed by atoms with Gasteiger partial charge in [-0.25, -0.2) is 4.98 Å². The standard InChI is InChI=1S/C12H15N3O2S/c13-5-1-4-10-8-14-12(18-10)15-11(16)7-9-3-2-6-17-9/h8-9H,2-3,5-7,13H2,(H,14,15,16). The van der Waals surface area contributed by atoms with Gasteiger partial charge in [0.1, 0.15) is 0 Å². The molecule has 6 heteroatoms. The van der Waals surface area contributed by atoms with Crippen LogP contribution >= 0.6 is 11.3 Å². The van der Waals surface area contributed by atoms with Crippen LogP contribution in [0.3, 0.4) is 0 Å². The number of nitrogens with two attached hydrogens (primary N) is 1. The molecule has 1 unspecified atom stereocenters. The van der Waals surface area contributed by atoms with Crippen molar-refractivity contribution in [2.45, 2.75) is 25.4 Å². The van der Waals surface area contributed by atoms with Crippen LogP contribution in [0.25, 0.3) is 0 Å². The van der Waals surface area contributed by atoms with Crippen LogP contribution in [0.5, 0.6) is 0 Å². The van der Waals surface area contributed by atoms with Gasteiger partial charge in [-0.15, -0.1) is 0 Å². The molecule has 0 aromatic carbocycles. The van der Waals surface area contributed by atoms with E-state index in [0.29, 0.717) is 18.1 Å². The molecule has 1 aliphatic rings. The number of ether oxygens (including phenoxy) is 1. The number of hydrogen-bond donors (Lipinski definition) is 2. The average molecular weight is 265 g/mol. The first-order valence-electron chi connectivity index (χ1n) is 5.84. The summed E-state index contributed by atoms with van der Waals surface area (Å²) in [6.45, 7) is 1.08. The smallest absolute Gasteiger partial charge is 0.228 e. The van der Waals surface area contributed by atoms with Crippen LogP contribution in [-0.4, -0.2) is 30.1 Å². The van der Waals surface area contributed by atoms with Gasteiger partial charge in [0.25, 0.3) is 0 Å². The van der Waals surface area contributed by atoms with Crippen LogP contribution in [0.4, 0.5) is 5.13 Å². The Morgan fingerprint density at radius 1 is 1.72 bits per heavy atom. The zero-order chi connectivity index (χ0) is 12.8. The molecule has 2 rings (SSSR count). The lowest BCUT2D eigenvalue weighted by atomic mass is 10.2. The third kappa shape index (κ3) is 3.81. The second kappa shape index (κ2) is 6.50. The van der Waals surface area contributed by atoms with Crippen LogP contribution in [0, 0.1) is 11.8 Å². The highest BCUT2D eigenvalue weighted by Crippen LogP contribution is 2.19. The molecule has 1 aromatic rings. The first-order valence-corrected chi connectivity index (χ1v) is 6.66. The van der Waals surface area contributed by atoms with Crippen LogP contribution in [-0.2, 0) is 9.53 Å². The maximum atomic E-state index is 11.7. The molecular weight excluding hydrogens is 250 g/mol.